The first-order valence-electron chi connectivity index (χ1n) is 7.69. The number of ether oxygens (including phenoxy) is 2. The number of esters is 2. The first kappa shape index (κ1) is 18.7. The number of carbonyl (C=O) groups excluding carboxylic acids is 3. The molecule has 0 atom stereocenters. The van der Waals surface area contributed by atoms with Gasteiger partial charge in [0, 0.05) is 13.0 Å². The van der Waals surface area contributed by atoms with Gasteiger partial charge in [0.25, 0.3) is 0 Å². The van der Waals surface area contributed by atoms with Gasteiger partial charge in [-0.05, 0) is 19.4 Å². The lowest BCUT2D eigenvalue weighted by atomic mass is 10.2. The maximum atomic E-state index is 12.3. The molecule has 1 amide bonds. The highest BCUT2D eigenvalue weighted by Crippen LogP contribution is 2.08. The number of nitrogens with zero attached hydrogens (tertiary/aromatic N) is 1. The molecule has 0 N–H and O–H groups in total. The number of carbonyl (C=O) groups is 3. The van der Waals surface area contributed by atoms with Crippen LogP contribution in [-0.2, 0) is 30.4 Å². The molecule has 6 nitrogen and oxygen atoms in total. The van der Waals surface area contributed by atoms with E-state index in [0.29, 0.717) is 6.54 Å². The summed E-state index contributed by atoms with van der Waals surface area (Å²) in [6.45, 7) is 4.12. The van der Waals surface area contributed by atoms with Gasteiger partial charge in [-0.2, -0.15) is 0 Å². The lowest BCUT2D eigenvalue weighted by Gasteiger charge is -2.21. The summed E-state index contributed by atoms with van der Waals surface area (Å²) >= 11 is 0. The molecule has 0 saturated heterocycles. The standard InChI is InChI=1S/C17H23NO5/c1-3-22-16(20)11-10-15(19)18(13-17(21)23-4-2)12-14-8-6-5-7-9-14/h5-9H,3-4,10-13H2,1-2H3. The van der Waals surface area contributed by atoms with Gasteiger partial charge in [0.2, 0.25) is 5.91 Å². The first-order chi connectivity index (χ1) is 11.1. The molecule has 0 aliphatic carbocycles. The third-order valence-electron chi connectivity index (χ3n) is 3.04. The highest BCUT2D eigenvalue weighted by Gasteiger charge is 2.19. The molecule has 0 saturated carbocycles. The van der Waals surface area contributed by atoms with Gasteiger partial charge in [-0.1, -0.05) is 30.3 Å². The summed E-state index contributed by atoms with van der Waals surface area (Å²) in [6.07, 6.45) is 0.00581. The van der Waals surface area contributed by atoms with E-state index >= 15 is 0 Å². The van der Waals surface area contributed by atoms with Crippen LogP contribution >= 0.6 is 0 Å². The van der Waals surface area contributed by atoms with E-state index in [1.807, 2.05) is 30.3 Å². The first-order valence-corrected chi connectivity index (χ1v) is 7.69. The summed E-state index contributed by atoms with van der Waals surface area (Å²) < 4.78 is 9.71. The Morgan fingerprint density at radius 3 is 2.13 bits per heavy atom. The number of hydrogen-bond acceptors (Lipinski definition) is 5. The molecule has 126 valence electrons. The van der Waals surface area contributed by atoms with Crippen LogP contribution in [-0.4, -0.2) is 42.5 Å². The topological polar surface area (TPSA) is 72.9 Å². The second-order valence-corrected chi connectivity index (χ2v) is 4.85. The molecule has 6 heteroatoms. The third-order valence-corrected chi connectivity index (χ3v) is 3.04. The molecule has 1 aromatic carbocycles. The van der Waals surface area contributed by atoms with Crippen molar-refractivity contribution in [2.45, 2.75) is 33.2 Å². The fourth-order valence-corrected chi connectivity index (χ4v) is 2.00. The van der Waals surface area contributed by atoms with Crippen LogP contribution in [0.25, 0.3) is 0 Å². The van der Waals surface area contributed by atoms with E-state index in [4.69, 9.17) is 9.47 Å². The molecule has 0 aliphatic rings. The van der Waals surface area contributed by atoms with Gasteiger partial charge in [-0.3, -0.25) is 14.4 Å². The van der Waals surface area contributed by atoms with E-state index in [0.717, 1.165) is 5.56 Å². The predicted octanol–water partition coefficient (Wildman–Crippen LogP) is 1.92. The Balaban J connectivity index is 2.67. The zero-order chi connectivity index (χ0) is 17.1. The van der Waals surface area contributed by atoms with E-state index in [2.05, 4.69) is 0 Å². The largest absolute Gasteiger partial charge is 0.466 e. The van der Waals surface area contributed by atoms with Crippen LogP contribution in [0.5, 0.6) is 0 Å². The number of hydrogen-bond donors (Lipinski definition) is 0. The van der Waals surface area contributed by atoms with Crippen molar-refractivity contribution < 1.29 is 23.9 Å². The molecular formula is C17H23NO5. The number of amides is 1. The summed E-state index contributed by atoms with van der Waals surface area (Å²) in [6, 6.07) is 9.34. The van der Waals surface area contributed by atoms with Crippen molar-refractivity contribution in [2.75, 3.05) is 19.8 Å². The minimum absolute atomic E-state index is 0.000782. The Hall–Kier alpha value is -2.37. The van der Waals surface area contributed by atoms with Crippen LogP contribution in [0, 0.1) is 0 Å². The third kappa shape index (κ3) is 7.44. The lowest BCUT2D eigenvalue weighted by Crippen LogP contribution is -2.36. The van der Waals surface area contributed by atoms with Gasteiger partial charge in [-0.25, -0.2) is 0 Å². The van der Waals surface area contributed by atoms with Gasteiger partial charge < -0.3 is 14.4 Å². The molecule has 0 spiro atoms. The lowest BCUT2D eigenvalue weighted by molar-refractivity contribution is -0.150. The fraction of sp³-hybridized carbons (Fsp3) is 0.471. The van der Waals surface area contributed by atoms with Crippen LogP contribution in [0.4, 0.5) is 0 Å². The SMILES string of the molecule is CCOC(=O)CCC(=O)N(CC(=O)OCC)Cc1ccccc1. The van der Waals surface area contributed by atoms with Gasteiger partial charge in [-0.15, -0.1) is 0 Å². The highest BCUT2D eigenvalue weighted by molar-refractivity contribution is 5.84. The Morgan fingerprint density at radius 1 is 0.913 bits per heavy atom. The molecular weight excluding hydrogens is 298 g/mol. The summed E-state index contributed by atoms with van der Waals surface area (Å²) in [5.74, 6) is -1.17. The van der Waals surface area contributed by atoms with E-state index in [1.54, 1.807) is 13.8 Å². The van der Waals surface area contributed by atoms with Crippen LogP contribution in [0.15, 0.2) is 30.3 Å². The Kier molecular flexibility index (Phi) is 8.42. The average Bonchev–Trinajstić information content (AvgIpc) is 2.53. The van der Waals surface area contributed by atoms with Crippen molar-refractivity contribution in [1.82, 2.24) is 4.90 Å². The van der Waals surface area contributed by atoms with E-state index < -0.39 is 11.9 Å². The van der Waals surface area contributed by atoms with E-state index in [1.165, 1.54) is 4.90 Å². The predicted molar refractivity (Wildman–Crippen MR) is 84.4 cm³/mol. The molecule has 1 aromatic rings. The molecule has 0 radical (unpaired) electrons. The zero-order valence-electron chi connectivity index (χ0n) is 13.6. The summed E-state index contributed by atoms with van der Waals surface area (Å²) in [7, 11) is 0. The van der Waals surface area contributed by atoms with Crippen molar-refractivity contribution in [2.24, 2.45) is 0 Å². The second kappa shape index (κ2) is 10.4. The van der Waals surface area contributed by atoms with Crippen molar-refractivity contribution in [3.05, 3.63) is 35.9 Å². The smallest absolute Gasteiger partial charge is 0.325 e. The normalized spacial score (nSPS) is 10.0. The van der Waals surface area contributed by atoms with Gasteiger partial charge in [0.1, 0.15) is 6.54 Å². The Labute approximate surface area is 136 Å². The molecule has 0 heterocycles. The molecule has 0 unspecified atom stereocenters. The highest BCUT2D eigenvalue weighted by atomic mass is 16.5. The van der Waals surface area contributed by atoms with Crippen molar-refractivity contribution in [3.63, 3.8) is 0 Å². The van der Waals surface area contributed by atoms with E-state index in [-0.39, 0.29) is 38.5 Å². The second-order valence-electron chi connectivity index (χ2n) is 4.85. The zero-order valence-corrected chi connectivity index (χ0v) is 13.6. The fourth-order valence-electron chi connectivity index (χ4n) is 2.00. The number of benzene rings is 1. The Morgan fingerprint density at radius 2 is 1.52 bits per heavy atom. The summed E-state index contributed by atoms with van der Waals surface area (Å²) in [5.41, 5.74) is 0.904. The van der Waals surface area contributed by atoms with Crippen LogP contribution in [0.1, 0.15) is 32.3 Å². The average molecular weight is 321 g/mol. The molecule has 0 aliphatic heterocycles. The van der Waals surface area contributed by atoms with Crippen LogP contribution in [0.3, 0.4) is 0 Å². The minimum atomic E-state index is -0.465. The van der Waals surface area contributed by atoms with E-state index in [9.17, 15) is 14.4 Å². The van der Waals surface area contributed by atoms with Crippen molar-refractivity contribution in [1.29, 1.82) is 0 Å². The molecule has 0 fully saturated rings. The van der Waals surface area contributed by atoms with Crippen molar-refractivity contribution in [3.8, 4) is 0 Å². The maximum absolute atomic E-state index is 12.3. The number of rotatable bonds is 9. The van der Waals surface area contributed by atoms with Crippen LogP contribution < -0.4 is 0 Å². The summed E-state index contributed by atoms with van der Waals surface area (Å²) in [5, 5.41) is 0. The van der Waals surface area contributed by atoms with Crippen LogP contribution in [0.2, 0.25) is 0 Å². The summed E-state index contributed by atoms with van der Waals surface area (Å²) in [4.78, 5) is 36.8. The quantitative estimate of drug-likeness (QED) is 0.650. The minimum Gasteiger partial charge on any atom is -0.466 e. The maximum Gasteiger partial charge on any atom is 0.325 e. The molecule has 0 aromatic heterocycles. The van der Waals surface area contributed by atoms with Gasteiger partial charge >= 0.3 is 11.9 Å². The molecule has 23 heavy (non-hydrogen) atoms. The van der Waals surface area contributed by atoms with Gasteiger partial charge in [0.15, 0.2) is 0 Å². The monoisotopic (exact) mass is 321 g/mol. The molecule has 1 rings (SSSR count). The molecule has 0 bridgehead atoms. The van der Waals surface area contributed by atoms with Crippen molar-refractivity contribution >= 4 is 17.8 Å². The Bertz CT molecular complexity index is 515. The van der Waals surface area contributed by atoms with Gasteiger partial charge in [0.05, 0.1) is 19.6 Å².